The number of anilines is 1. The second-order valence-corrected chi connectivity index (χ2v) is 9.89. The van der Waals surface area contributed by atoms with Crippen LogP contribution in [0, 0.1) is 0 Å². The van der Waals surface area contributed by atoms with Gasteiger partial charge in [-0.05, 0) is 49.1 Å². The Balaban J connectivity index is 1.82. The van der Waals surface area contributed by atoms with E-state index in [9.17, 15) is 22.9 Å². The first-order valence-electron chi connectivity index (χ1n) is 11.6. The number of carbonyl (C=O) groups excluding carboxylic acids is 1. The van der Waals surface area contributed by atoms with Crippen LogP contribution in [0.5, 0.6) is 11.5 Å². The number of para-hydroxylation sites is 2. The van der Waals surface area contributed by atoms with Gasteiger partial charge in [0.1, 0.15) is 16.3 Å². The van der Waals surface area contributed by atoms with Gasteiger partial charge in [-0.1, -0.05) is 54.9 Å². The fraction of sp³-hybridized carbons (Fsp3) is 0.148. The zero-order chi connectivity index (χ0) is 27.4. The highest BCUT2D eigenvalue weighted by Gasteiger charge is 2.23. The molecular formula is C27H24ClN3O6S. The molecule has 0 fully saturated rings. The third-order valence-electron chi connectivity index (χ3n) is 5.73. The third-order valence-corrected chi connectivity index (χ3v) is 7.14. The molecule has 3 N–H and O–H groups in total. The molecule has 38 heavy (non-hydrogen) atoms. The highest BCUT2D eigenvalue weighted by Crippen LogP contribution is 2.41. The summed E-state index contributed by atoms with van der Waals surface area (Å²) >= 11 is 6.03. The summed E-state index contributed by atoms with van der Waals surface area (Å²) in [4.78, 5) is 12.8. The number of hydrogen-bond donors (Lipinski definition) is 3. The Morgan fingerprint density at radius 1 is 1.03 bits per heavy atom. The number of halogens is 1. The molecule has 1 amide bonds. The van der Waals surface area contributed by atoms with Gasteiger partial charge in [0.15, 0.2) is 5.75 Å². The second-order valence-electron chi connectivity index (χ2n) is 8.13. The Morgan fingerprint density at radius 3 is 2.45 bits per heavy atom. The summed E-state index contributed by atoms with van der Waals surface area (Å²) in [6, 6.07) is 18.2. The van der Waals surface area contributed by atoms with E-state index < -0.39 is 26.7 Å². The number of rotatable bonds is 8. The molecule has 0 aliphatic rings. The molecule has 4 rings (SSSR count). The lowest BCUT2D eigenvalue weighted by Crippen LogP contribution is -2.13. The number of benzene rings is 4. The van der Waals surface area contributed by atoms with Crippen LogP contribution in [-0.4, -0.2) is 30.6 Å². The highest BCUT2D eigenvalue weighted by molar-refractivity contribution is 7.86. The molecular weight excluding hydrogens is 530 g/mol. The Kier molecular flexibility index (Phi) is 7.96. The van der Waals surface area contributed by atoms with E-state index in [1.165, 1.54) is 12.1 Å². The standard InChI is InChI=1S/C27H24ClN3O6S/c1-3-17-21(14-13-20(28)26(17)38(34,35)36)30-31-24-18-10-6-5-9-16(18)15-19(25(24)32)27(33)29-22-11-7-8-12-23(22)37-4-2/h5-15,32H,3-4H2,1-2H3,(H,29,33)(H,34,35,36). The first-order chi connectivity index (χ1) is 18.2. The molecule has 0 radical (unpaired) electrons. The summed E-state index contributed by atoms with van der Waals surface area (Å²) in [7, 11) is -4.63. The van der Waals surface area contributed by atoms with E-state index in [1.807, 2.05) is 6.92 Å². The van der Waals surface area contributed by atoms with E-state index in [4.69, 9.17) is 16.3 Å². The monoisotopic (exact) mass is 553 g/mol. The van der Waals surface area contributed by atoms with E-state index in [2.05, 4.69) is 15.5 Å². The Bertz CT molecular complexity index is 1670. The van der Waals surface area contributed by atoms with Gasteiger partial charge in [-0.2, -0.15) is 13.5 Å². The lowest BCUT2D eigenvalue weighted by molar-refractivity contribution is 0.102. The van der Waals surface area contributed by atoms with E-state index in [-0.39, 0.29) is 33.9 Å². The van der Waals surface area contributed by atoms with Crippen molar-refractivity contribution >= 4 is 55.5 Å². The number of nitrogens with one attached hydrogen (secondary N) is 1. The summed E-state index contributed by atoms with van der Waals surface area (Å²) in [6.45, 7) is 3.91. The molecule has 0 aromatic heterocycles. The van der Waals surface area contributed by atoms with Crippen molar-refractivity contribution in [2.75, 3.05) is 11.9 Å². The molecule has 9 nitrogen and oxygen atoms in total. The van der Waals surface area contributed by atoms with Gasteiger partial charge in [0.05, 0.1) is 28.6 Å². The number of hydrogen-bond acceptors (Lipinski definition) is 7. The highest BCUT2D eigenvalue weighted by atomic mass is 35.5. The number of carbonyl (C=O) groups is 1. The summed E-state index contributed by atoms with van der Waals surface area (Å²) in [6.07, 6.45) is 0.179. The minimum atomic E-state index is -4.63. The van der Waals surface area contributed by atoms with Crippen molar-refractivity contribution < 1.29 is 27.6 Å². The van der Waals surface area contributed by atoms with Crippen LogP contribution in [0.2, 0.25) is 5.02 Å². The molecule has 0 saturated heterocycles. The number of fused-ring (bicyclic) bond motifs is 1. The molecule has 0 atom stereocenters. The maximum absolute atomic E-state index is 13.2. The van der Waals surface area contributed by atoms with Crippen LogP contribution in [0.15, 0.2) is 81.9 Å². The Hall–Kier alpha value is -3.99. The number of phenols is 1. The number of aromatic hydroxyl groups is 1. The first-order valence-corrected chi connectivity index (χ1v) is 13.5. The van der Waals surface area contributed by atoms with Crippen LogP contribution in [0.25, 0.3) is 10.8 Å². The smallest absolute Gasteiger partial charge is 0.296 e. The number of phenolic OH excluding ortho intramolecular Hbond substituents is 1. The second kappa shape index (κ2) is 11.2. The molecule has 0 aliphatic heterocycles. The van der Waals surface area contributed by atoms with E-state index >= 15 is 0 Å². The molecule has 0 heterocycles. The van der Waals surface area contributed by atoms with Crippen molar-refractivity contribution in [3.05, 3.63) is 82.9 Å². The van der Waals surface area contributed by atoms with Gasteiger partial charge in [0, 0.05) is 10.9 Å². The van der Waals surface area contributed by atoms with Crippen LogP contribution in [0.1, 0.15) is 29.8 Å². The minimum Gasteiger partial charge on any atom is -0.505 e. The summed E-state index contributed by atoms with van der Waals surface area (Å²) in [5, 5.41) is 23.3. The topological polar surface area (TPSA) is 138 Å². The van der Waals surface area contributed by atoms with Crippen LogP contribution in [-0.2, 0) is 16.5 Å². The van der Waals surface area contributed by atoms with Gasteiger partial charge in [-0.25, -0.2) is 0 Å². The maximum Gasteiger partial charge on any atom is 0.296 e. The average Bonchev–Trinajstić information content (AvgIpc) is 2.88. The van der Waals surface area contributed by atoms with Gasteiger partial charge in [-0.15, -0.1) is 5.11 Å². The zero-order valence-electron chi connectivity index (χ0n) is 20.5. The SMILES string of the molecule is CCOc1ccccc1NC(=O)c1cc2ccccc2c(N=Nc2ccc(Cl)c(S(=O)(=O)O)c2CC)c1O. The van der Waals surface area contributed by atoms with Crippen molar-refractivity contribution in [3.63, 3.8) is 0 Å². The largest absolute Gasteiger partial charge is 0.505 e. The summed E-state index contributed by atoms with van der Waals surface area (Å²) < 4.78 is 39.1. The lowest BCUT2D eigenvalue weighted by Gasteiger charge is -2.14. The lowest BCUT2D eigenvalue weighted by atomic mass is 10.0. The van der Waals surface area contributed by atoms with Gasteiger partial charge in [0.2, 0.25) is 0 Å². The van der Waals surface area contributed by atoms with Gasteiger partial charge in [-0.3, -0.25) is 9.35 Å². The number of azo groups is 1. The fourth-order valence-corrected chi connectivity index (χ4v) is 5.38. The molecule has 0 bridgehead atoms. The molecule has 11 heteroatoms. The molecule has 0 unspecified atom stereocenters. The average molecular weight is 554 g/mol. The normalized spacial score (nSPS) is 11.7. The van der Waals surface area contributed by atoms with Crippen molar-refractivity contribution in [1.82, 2.24) is 0 Å². The number of amides is 1. The van der Waals surface area contributed by atoms with Crippen LogP contribution in [0.4, 0.5) is 17.1 Å². The number of ether oxygens (including phenoxy) is 1. The van der Waals surface area contributed by atoms with Crippen molar-refractivity contribution in [2.24, 2.45) is 10.2 Å². The molecule has 4 aromatic carbocycles. The molecule has 0 saturated carbocycles. The Labute approximate surface area is 224 Å². The minimum absolute atomic E-state index is 0.0109. The van der Waals surface area contributed by atoms with E-state index in [1.54, 1.807) is 61.5 Å². The number of nitrogens with zero attached hydrogens (tertiary/aromatic N) is 2. The van der Waals surface area contributed by atoms with Crippen molar-refractivity contribution in [2.45, 2.75) is 25.2 Å². The summed E-state index contributed by atoms with van der Waals surface area (Å²) in [5.41, 5.74) is 0.690. The van der Waals surface area contributed by atoms with Crippen LogP contribution in [0.3, 0.4) is 0 Å². The molecule has 196 valence electrons. The fourth-order valence-electron chi connectivity index (χ4n) is 4.04. The van der Waals surface area contributed by atoms with E-state index in [0.717, 1.165) is 0 Å². The van der Waals surface area contributed by atoms with Gasteiger partial charge < -0.3 is 15.2 Å². The van der Waals surface area contributed by atoms with Gasteiger partial charge in [0.25, 0.3) is 16.0 Å². The van der Waals surface area contributed by atoms with Crippen molar-refractivity contribution in [3.8, 4) is 11.5 Å². The predicted octanol–water partition coefficient (Wildman–Crippen LogP) is 7.07. The quantitative estimate of drug-likeness (QED) is 0.157. The molecule has 4 aromatic rings. The zero-order valence-corrected chi connectivity index (χ0v) is 22.0. The third kappa shape index (κ3) is 5.47. The van der Waals surface area contributed by atoms with E-state index in [0.29, 0.717) is 28.8 Å². The van der Waals surface area contributed by atoms with Crippen molar-refractivity contribution in [1.29, 1.82) is 0 Å². The van der Waals surface area contributed by atoms with Crippen LogP contribution < -0.4 is 10.1 Å². The Morgan fingerprint density at radius 2 is 1.74 bits per heavy atom. The molecule has 0 aliphatic carbocycles. The van der Waals surface area contributed by atoms with Gasteiger partial charge >= 0.3 is 0 Å². The van der Waals surface area contributed by atoms with Crippen LogP contribution >= 0.6 is 11.6 Å². The first kappa shape index (κ1) is 27.1. The predicted molar refractivity (Wildman–Crippen MR) is 146 cm³/mol. The molecule has 0 spiro atoms. The summed E-state index contributed by atoms with van der Waals surface area (Å²) in [5.74, 6) is -0.528. The maximum atomic E-state index is 13.2.